The van der Waals surface area contributed by atoms with E-state index in [9.17, 15) is 5.11 Å². The van der Waals surface area contributed by atoms with Crippen LogP contribution in [0, 0.1) is 0 Å². The van der Waals surface area contributed by atoms with Gasteiger partial charge in [0.25, 0.3) is 0 Å². The molecule has 13 heavy (non-hydrogen) atoms. The number of ether oxygens (including phenoxy) is 2. The van der Waals surface area contributed by atoms with Crippen LogP contribution in [-0.2, 0) is 9.47 Å². The summed E-state index contributed by atoms with van der Waals surface area (Å²) >= 11 is 0. The highest BCUT2D eigenvalue weighted by Gasteiger charge is 2.39. The summed E-state index contributed by atoms with van der Waals surface area (Å²) in [4.78, 5) is 0. The summed E-state index contributed by atoms with van der Waals surface area (Å²) in [7, 11) is 1.62. The number of rotatable bonds is 4. The molecule has 0 aromatic rings. The lowest BCUT2D eigenvalue weighted by atomic mass is 9.89. The Morgan fingerprint density at radius 2 is 2.46 bits per heavy atom. The van der Waals surface area contributed by atoms with Crippen LogP contribution >= 0.6 is 0 Å². The molecule has 1 aliphatic rings. The monoisotopic (exact) mass is 186 g/mol. The molecule has 0 aromatic carbocycles. The van der Waals surface area contributed by atoms with E-state index in [0.717, 1.165) is 19.3 Å². The summed E-state index contributed by atoms with van der Waals surface area (Å²) in [5.74, 6) is 0. The van der Waals surface area contributed by atoms with Crippen molar-refractivity contribution in [1.29, 1.82) is 0 Å². The lowest BCUT2D eigenvalue weighted by Gasteiger charge is -2.39. The van der Waals surface area contributed by atoms with Gasteiger partial charge in [0.1, 0.15) is 11.7 Å². The van der Waals surface area contributed by atoms with Crippen molar-refractivity contribution in [3.05, 3.63) is 12.7 Å². The number of methoxy groups -OCH3 is 1. The lowest BCUT2D eigenvalue weighted by Crippen LogP contribution is -2.49. The van der Waals surface area contributed by atoms with Crippen LogP contribution < -0.4 is 0 Å². The topological polar surface area (TPSA) is 38.7 Å². The molecule has 1 N–H and O–H groups in total. The summed E-state index contributed by atoms with van der Waals surface area (Å²) < 4.78 is 10.7. The smallest absolute Gasteiger partial charge is 0.121 e. The zero-order valence-electron chi connectivity index (χ0n) is 8.16. The molecule has 0 amide bonds. The molecule has 2 atom stereocenters. The Morgan fingerprint density at radius 1 is 1.69 bits per heavy atom. The third-order valence-electron chi connectivity index (χ3n) is 2.53. The molecule has 76 valence electrons. The Kier molecular flexibility index (Phi) is 3.90. The van der Waals surface area contributed by atoms with Crippen LogP contribution in [0.5, 0.6) is 0 Å². The molecule has 3 heteroatoms. The van der Waals surface area contributed by atoms with E-state index >= 15 is 0 Å². The molecule has 0 spiro atoms. The van der Waals surface area contributed by atoms with Crippen molar-refractivity contribution >= 4 is 0 Å². The standard InChI is InChI=1S/C10H18O3/c1-3-9(11)10(8-12-2)6-4-5-7-13-10/h3,9,11H,1,4-8H2,2H3. The van der Waals surface area contributed by atoms with Gasteiger partial charge >= 0.3 is 0 Å². The molecule has 0 saturated carbocycles. The van der Waals surface area contributed by atoms with Gasteiger partial charge in [0.2, 0.25) is 0 Å². The van der Waals surface area contributed by atoms with Crippen molar-refractivity contribution in [3.63, 3.8) is 0 Å². The molecular weight excluding hydrogens is 168 g/mol. The van der Waals surface area contributed by atoms with Crippen molar-refractivity contribution in [1.82, 2.24) is 0 Å². The fraction of sp³-hybridized carbons (Fsp3) is 0.800. The van der Waals surface area contributed by atoms with Crippen molar-refractivity contribution in [2.24, 2.45) is 0 Å². The predicted molar refractivity (Wildman–Crippen MR) is 50.6 cm³/mol. The molecule has 0 radical (unpaired) electrons. The third-order valence-corrected chi connectivity index (χ3v) is 2.53. The number of hydrogen-bond acceptors (Lipinski definition) is 3. The molecular formula is C10H18O3. The van der Waals surface area contributed by atoms with Gasteiger partial charge in [0.05, 0.1) is 6.61 Å². The normalized spacial score (nSPS) is 31.2. The minimum atomic E-state index is -0.632. The highest BCUT2D eigenvalue weighted by molar-refractivity contribution is 4.99. The molecule has 0 aliphatic carbocycles. The van der Waals surface area contributed by atoms with Gasteiger partial charge in [-0.1, -0.05) is 6.08 Å². The lowest BCUT2D eigenvalue weighted by molar-refractivity contribution is -0.160. The van der Waals surface area contributed by atoms with Gasteiger partial charge in [-0.05, 0) is 19.3 Å². The maximum atomic E-state index is 9.74. The van der Waals surface area contributed by atoms with Gasteiger partial charge < -0.3 is 14.6 Å². The average molecular weight is 186 g/mol. The summed E-state index contributed by atoms with van der Waals surface area (Å²) in [5, 5.41) is 9.74. The average Bonchev–Trinajstić information content (AvgIpc) is 2.18. The first-order valence-corrected chi connectivity index (χ1v) is 4.69. The van der Waals surface area contributed by atoms with E-state index in [1.165, 1.54) is 6.08 Å². The van der Waals surface area contributed by atoms with Crippen LogP contribution in [0.25, 0.3) is 0 Å². The summed E-state index contributed by atoms with van der Waals surface area (Å²) in [6, 6.07) is 0. The fourth-order valence-electron chi connectivity index (χ4n) is 1.77. The first-order chi connectivity index (χ1) is 6.25. The van der Waals surface area contributed by atoms with Crippen molar-refractivity contribution in [2.75, 3.05) is 20.3 Å². The Labute approximate surface area is 79.3 Å². The number of aliphatic hydroxyl groups is 1. The highest BCUT2D eigenvalue weighted by atomic mass is 16.5. The van der Waals surface area contributed by atoms with Gasteiger partial charge in [-0.2, -0.15) is 0 Å². The Bertz CT molecular complexity index is 156. The molecule has 3 nitrogen and oxygen atoms in total. The highest BCUT2D eigenvalue weighted by Crippen LogP contribution is 2.29. The van der Waals surface area contributed by atoms with Crippen LogP contribution in [0.2, 0.25) is 0 Å². The van der Waals surface area contributed by atoms with Gasteiger partial charge in [0, 0.05) is 13.7 Å². The van der Waals surface area contributed by atoms with Gasteiger partial charge in [-0.25, -0.2) is 0 Å². The Hall–Kier alpha value is -0.380. The molecule has 1 saturated heterocycles. The van der Waals surface area contributed by atoms with E-state index in [4.69, 9.17) is 9.47 Å². The zero-order chi connectivity index (χ0) is 9.73. The molecule has 1 fully saturated rings. The third kappa shape index (κ3) is 2.30. The van der Waals surface area contributed by atoms with E-state index in [0.29, 0.717) is 13.2 Å². The summed E-state index contributed by atoms with van der Waals surface area (Å²) in [6.07, 6.45) is 3.87. The number of aliphatic hydroxyl groups excluding tert-OH is 1. The quantitative estimate of drug-likeness (QED) is 0.669. The second-order valence-electron chi connectivity index (χ2n) is 3.48. The molecule has 0 aromatic heterocycles. The fourth-order valence-corrected chi connectivity index (χ4v) is 1.77. The van der Waals surface area contributed by atoms with Crippen molar-refractivity contribution in [2.45, 2.75) is 31.0 Å². The molecule has 1 heterocycles. The minimum absolute atomic E-state index is 0.431. The van der Waals surface area contributed by atoms with Crippen molar-refractivity contribution in [3.8, 4) is 0 Å². The zero-order valence-corrected chi connectivity index (χ0v) is 8.16. The second-order valence-corrected chi connectivity index (χ2v) is 3.48. The first kappa shape index (κ1) is 10.7. The van der Waals surface area contributed by atoms with E-state index < -0.39 is 11.7 Å². The molecule has 2 unspecified atom stereocenters. The molecule has 1 aliphatic heterocycles. The minimum Gasteiger partial charge on any atom is -0.386 e. The van der Waals surface area contributed by atoms with Crippen molar-refractivity contribution < 1.29 is 14.6 Å². The van der Waals surface area contributed by atoms with E-state index in [1.807, 2.05) is 0 Å². The molecule has 0 bridgehead atoms. The van der Waals surface area contributed by atoms with Gasteiger partial charge in [-0.3, -0.25) is 0 Å². The van der Waals surface area contributed by atoms with E-state index in [1.54, 1.807) is 7.11 Å². The maximum Gasteiger partial charge on any atom is 0.121 e. The number of hydrogen-bond donors (Lipinski definition) is 1. The Morgan fingerprint density at radius 3 is 2.92 bits per heavy atom. The van der Waals surface area contributed by atoms with Crippen LogP contribution in [-0.4, -0.2) is 37.1 Å². The van der Waals surface area contributed by atoms with Crippen LogP contribution in [0.3, 0.4) is 0 Å². The Balaban J connectivity index is 2.65. The van der Waals surface area contributed by atoms with Crippen LogP contribution in [0.1, 0.15) is 19.3 Å². The first-order valence-electron chi connectivity index (χ1n) is 4.69. The van der Waals surface area contributed by atoms with E-state index in [2.05, 4.69) is 6.58 Å². The molecule has 1 rings (SSSR count). The largest absolute Gasteiger partial charge is 0.386 e. The van der Waals surface area contributed by atoms with E-state index in [-0.39, 0.29) is 0 Å². The SMILES string of the molecule is C=CC(O)C1(COC)CCCCO1. The van der Waals surface area contributed by atoms with Crippen LogP contribution in [0.4, 0.5) is 0 Å². The summed E-state index contributed by atoms with van der Waals surface area (Å²) in [6.45, 7) is 4.71. The maximum absolute atomic E-state index is 9.74. The van der Waals surface area contributed by atoms with Crippen LogP contribution in [0.15, 0.2) is 12.7 Å². The van der Waals surface area contributed by atoms with Gasteiger partial charge in [-0.15, -0.1) is 6.58 Å². The van der Waals surface area contributed by atoms with Gasteiger partial charge in [0.15, 0.2) is 0 Å². The predicted octanol–water partition coefficient (Wildman–Crippen LogP) is 1.12. The summed E-state index contributed by atoms with van der Waals surface area (Å²) in [5.41, 5.74) is -0.547. The second kappa shape index (κ2) is 4.74.